The Hall–Kier alpha value is -2.25. The molecule has 0 spiro atoms. The van der Waals surface area contributed by atoms with E-state index in [4.69, 9.17) is 9.47 Å². The first-order valence-electron chi connectivity index (χ1n) is 8.35. The fourth-order valence-electron chi connectivity index (χ4n) is 2.42. The maximum absolute atomic E-state index is 12.3. The van der Waals surface area contributed by atoms with Crippen LogP contribution in [0.15, 0.2) is 56.8 Å². The zero-order valence-corrected chi connectivity index (χ0v) is 17.6. The number of amides is 1. The van der Waals surface area contributed by atoms with E-state index in [1.807, 2.05) is 56.3 Å². The van der Waals surface area contributed by atoms with Gasteiger partial charge in [-0.05, 0) is 77.4 Å². The lowest BCUT2D eigenvalue weighted by Crippen LogP contribution is -2.19. The van der Waals surface area contributed by atoms with Gasteiger partial charge in [0.15, 0.2) is 16.7 Å². The average Bonchev–Trinajstić information content (AvgIpc) is 2.96. The summed E-state index contributed by atoms with van der Waals surface area (Å²) >= 11 is 4.83. The van der Waals surface area contributed by atoms with Crippen LogP contribution in [-0.2, 0) is 4.79 Å². The van der Waals surface area contributed by atoms with Crippen molar-refractivity contribution in [2.24, 2.45) is 4.99 Å². The van der Waals surface area contributed by atoms with Gasteiger partial charge in [-0.2, -0.15) is 0 Å². The van der Waals surface area contributed by atoms with Crippen LogP contribution in [-0.4, -0.2) is 24.3 Å². The minimum atomic E-state index is -0.174. The molecule has 5 nitrogen and oxygen atoms in total. The van der Waals surface area contributed by atoms with Gasteiger partial charge in [0, 0.05) is 0 Å². The van der Waals surface area contributed by atoms with Gasteiger partial charge in [0.1, 0.15) is 0 Å². The normalized spacial score (nSPS) is 16.9. The van der Waals surface area contributed by atoms with Crippen LogP contribution in [0, 0.1) is 0 Å². The first kappa shape index (κ1) is 19.5. The molecule has 1 amide bonds. The predicted molar refractivity (Wildman–Crippen MR) is 114 cm³/mol. The van der Waals surface area contributed by atoms with Crippen molar-refractivity contribution in [3.8, 4) is 11.5 Å². The molecular formula is C20H19BrN2O3S. The summed E-state index contributed by atoms with van der Waals surface area (Å²) < 4.78 is 12.0. The maximum Gasteiger partial charge on any atom is 0.264 e. The number of nitrogens with zero attached hydrogens (tertiary/aromatic N) is 1. The minimum absolute atomic E-state index is 0.0207. The van der Waals surface area contributed by atoms with Crippen LogP contribution in [0.5, 0.6) is 11.5 Å². The van der Waals surface area contributed by atoms with Crippen molar-refractivity contribution in [1.82, 2.24) is 5.32 Å². The molecule has 140 valence electrons. The van der Waals surface area contributed by atoms with E-state index in [9.17, 15) is 4.79 Å². The summed E-state index contributed by atoms with van der Waals surface area (Å²) in [7, 11) is 1.59. The number of thioether (sulfide) groups is 1. The summed E-state index contributed by atoms with van der Waals surface area (Å²) in [5, 5.41) is 3.35. The highest BCUT2D eigenvalue weighted by Crippen LogP contribution is 2.38. The molecule has 0 radical (unpaired) electrons. The molecule has 0 atom stereocenters. The standard InChI is InChI=1S/C20H19BrN2O3S/c1-12(2)26-18-15(21)9-13(10-16(18)25-3)11-17-19(24)23-20(27-17)22-14-7-5-4-6-8-14/h4-12H,1-3H3,(H,22,23,24)/b17-11-. The summed E-state index contributed by atoms with van der Waals surface area (Å²) in [6, 6.07) is 13.2. The van der Waals surface area contributed by atoms with Gasteiger partial charge in [-0.3, -0.25) is 4.79 Å². The molecule has 0 bridgehead atoms. The number of aliphatic imine (C=N–C) groups is 1. The van der Waals surface area contributed by atoms with Crippen molar-refractivity contribution in [3.63, 3.8) is 0 Å². The van der Waals surface area contributed by atoms with Gasteiger partial charge < -0.3 is 14.8 Å². The Bertz CT molecular complexity index is 911. The molecule has 27 heavy (non-hydrogen) atoms. The van der Waals surface area contributed by atoms with E-state index in [0.29, 0.717) is 21.6 Å². The number of hydrogen-bond acceptors (Lipinski definition) is 5. The first-order valence-corrected chi connectivity index (χ1v) is 9.96. The number of halogens is 1. The van der Waals surface area contributed by atoms with Crippen molar-refractivity contribution in [1.29, 1.82) is 0 Å². The molecule has 0 aromatic heterocycles. The number of rotatable bonds is 5. The number of nitrogens with one attached hydrogen (secondary N) is 1. The van der Waals surface area contributed by atoms with Gasteiger partial charge in [0.05, 0.1) is 28.3 Å². The zero-order chi connectivity index (χ0) is 19.4. The number of hydrogen-bond donors (Lipinski definition) is 1. The third-order valence-corrected chi connectivity index (χ3v) is 5.04. The molecule has 1 saturated heterocycles. The number of carbonyl (C=O) groups excluding carboxylic acids is 1. The molecule has 1 heterocycles. The summed E-state index contributed by atoms with van der Waals surface area (Å²) in [5.74, 6) is 1.07. The molecular weight excluding hydrogens is 428 g/mol. The molecule has 7 heteroatoms. The van der Waals surface area contributed by atoms with E-state index in [2.05, 4.69) is 26.2 Å². The van der Waals surface area contributed by atoms with Crippen LogP contribution in [0.3, 0.4) is 0 Å². The minimum Gasteiger partial charge on any atom is -0.493 e. The SMILES string of the molecule is COc1cc(/C=C2\SC(=Nc3ccccc3)NC2=O)cc(Br)c1OC(C)C. The second-order valence-electron chi connectivity index (χ2n) is 6.02. The van der Waals surface area contributed by atoms with Crippen molar-refractivity contribution in [2.75, 3.05) is 7.11 Å². The zero-order valence-electron chi connectivity index (χ0n) is 15.2. The predicted octanol–water partition coefficient (Wildman–Crippen LogP) is 5.14. The quantitative estimate of drug-likeness (QED) is 0.646. The Morgan fingerprint density at radius 1 is 1.22 bits per heavy atom. The Balaban J connectivity index is 1.87. The van der Waals surface area contributed by atoms with E-state index in [1.165, 1.54) is 11.8 Å². The summed E-state index contributed by atoms with van der Waals surface area (Å²) in [6.07, 6.45) is 1.83. The van der Waals surface area contributed by atoms with Gasteiger partial charge in [-0.1, -0.05) is 18.2 Å². The third-order valence-electron chi connectivity index (χ3n) is 3.54. The van der Waals surface area contributed by atoms with Gasteiger partial charge in [0.25, 0.3) is 5.91 Å². The van der Waals surface area contributed by atoms with Gasteiger partial charge in [-0.15, -0.1) is 0 Å². The summed E-state index contributed by atoms with van der Waals surface area (Å²) in [4.78, 5) is 17.3. The van der Waals surface area contributed by atoms with Gasteiger partial charge in [-0.25, -0.2) is 4.99 Å². The van der Waals surface area contributed by atoms with Crippen LogP contribution in [0.2, 0.25) is 0 Å². The summed E-state index contributed by atoms with van der Waals surface area (Å²) in [5.41, 5.74) is 1.62. The second kappa shape index (κ2) is 8.63. The Kier molecular flexibility index (Phi) is 6.23. The Labute approximate surface area is 171 Å². The van der Waals surface area contributed by atoms with E-state index in [0.717, 1.165) is 15.7 Å². The lowest BCUT2D eigenvalue weighted by atomic mass is 10.2. The molecule has 2 aromatic rings. The van der Waals surface area contributed by atoms with Crippen LogP contribution < -0.4 is 14.8 Å². The number of amidine groups is 1. The Morgan fingerprint density at radius 3 is 2.63 bits per heavy atom. The maximum atomic E-state index is 12.3. The highest BCUT2D eigenvalue weighted by Gasteiger charge is 2.24. The molecule has 1 aliphatic heterocycles. The van der Waals surface area contributed by atoms with Gasteiger partial charge in [0.2, 0.25) is 0 Å². The molecule has 2 aromatic carbocycles. The number of benzene rings is 2. The molecule has 1 fully saturated rings. The van der Waals surface area contributed by atoms with Crippen LogP contribution in [0.1, 0.15) is 19.4 Å². The van der Waals surface area contributed by atoms with E-state index in [-0.39, 0.29) is 12.0 Å². The van der Waals surface area contributed by atoms with Crippen molar-refractivity contribution < 1.29 is 14.3 Å². The second-order valence-corrected chi connectivity index (χ2v) is 7.90. The highest BCUT2D eigenvalue weighted by atomic mass is 79.9. The fourth-order valence-corrected chi connectivity index (χ4v) is 3.82. The number of methoxy groups -OCH3 is 1. The van der Waals surface area contributed by atoms with E-state index < -0.39 is 0 Å². The first-order chi connectivity index (χ1) is 13.0. The lowest BCUT2D eigenvalue weighted by molar-refractivity contribution is -0.115. The van der Waals surface area contributed by atoms with Gasteiger partial charge >= 0.3 is 0 Å². The summed E-state index contributed by atoms with van der Waals surface area (Å²) in [6.45, 7) is 3.91. The molecule has 0 saturated carbocycles. The molecule has 3 rings (SSSR count). The number of carbonyl (C=O) groups is 1. The highest BCUT2D eigenvalue weighted by molar-refractivity contribution is 9.10. The average molecular weight is 447 g/mol. The number of ether oxygens (including phenoxy) is 2. The fraction of sp³-hybridized carbons (Fsp3) is 0.200. The third kappa shape index (κ3) is 4.93. The molecule has 1 N–H and O–H groups in total. The van der Waals surface area contributed by atoms with Crippen LogP contribution in [0.4, 0.5) is 5.69 Å². The van der Waals surface area contributed by atoms with E-state index in [1.54, 1.807) is 13.2 Å². The lowest BCUT2D eigenvalue weighted by Gasteiger charge is -2.16. The molecule has 0 unspecified atom stereocenters. The van der Waals surface area contributed by atoms with Crippen LogP contribution >= 0.6 is 27.7 Å². The van der Waals surface area contributed by atoms with E-state index >= 15 is 0 Å². The smallest absolute Gasteiger partial charge is 0.264 e. The van der Waals surface area contributed by atoms with Crippen molar-refractivity contribution in [3.05, 3.63) is 57.4 Å². The van der Waals surface area contributed by atoms with Crippen molar-refractivity contribution >= 4 is 50.5 Å². The number of para-hydroxylation sites is 1. The monoisotopic (exact) mass is 446 g/mol. The molecule has 1 aliphatic rings. The van der Waals surface area contributed by atoms with Crippen molar-refractivity contribution in [2.45, 2.75) is 20.0 Å². The largest absolute Gasteiger partial charge is 0.493 e. The molecule has 0 aliphatic carbocycles. The Morgan fingerprint density at radius 2 is 1.96 bits per heavy atom. The van der Waals surface area contributed by atoms with Crippen LogP contribution in [0.25, 0.3) is 6.08 Å². The topological polar surface area (TPSA) is 59.9 Å².